The molecule has 0 aliphatic carbocycles. The molecular formula is C13H20N2O4S. The van der Waals surface area contributed by atoms with Crippen LogP contribution in [0.2, 0.25) is 0 Å². The second-order valence-corrected chi connectivity index (χ2v) is 6.46. The maximum atomic E-state index is 12.3. The molecule has 0 saturated carbocycles. The summed E-state index contributed by atoms with van der Waals surface area (Å²) in [5.74, 6) is 0.540. The van der Waals surface area contributed by atoms with Crippen LogP contribution in [-0.4, -0.2) is 34.8 Å². The summed E-state index contributed by atoms with van der Waals surface area (Å²) >= 11 is 0. The van der Waals surface area contributed by atoms with E-state index in [1.54, 1.807) is 19.1 Å². The van der Waals surface area contributed by atoms with Crippen LogP contribution in [0.25, 0.3) is 0 Å². The predicted octanol–water partition coefficient (Wildman–Crippen LogP) is 0.982. The monoisotopic (exact) mass is 300 g/mol. The summed E-state index contributed by atoms with van der Waals surface area (Å²) in [4.78, 5) is 0.0817. The fourth-order valence-corrected chi connectivity index (χ4v) is 3.35. The summed E-state index contributed by atoms with van der Waals surface area (Å²) in [5.41, 5.74) is 6.06. The molecule has 0 spiro atoms. The van der Waals surface area contributed by atoms with Crippen LogP contribution in [0.1, 0.15) is 13.3 Å². The second-order valence-electron chi connectivity index (χ2n) is 4.72. The fraction of sp³-hybridized carbons (Fsp3) is 0.538. The molecule has 1 fully saturated rings. The van der Waals surface area contributed by atoms with Crippen LogP contribution in [0.3, 0.4) is 0 Å². The Labute approximate surface area is 119 Å². The number of anilines is 1. The van der Waals surface area contributed by atoms with Crippen LogP contribution in [0.4, 0.5) is 5.69 Å². The Kier molecular flexibility index (Phi) is 4.85. The lowest BCUT2D eigenvalue weighted by Crippen LogP contribution is -2.30. The lowest BCUT2D eigenvalue weighted by molar-refractivity contribution is 0.186. The molecule has 1 saturated heterocycles. The first kappa shape index (κ1) is 15.1. The lowest BCUT2D eigenvalue weighted by Gasteiger charge is -2.14. The highest BCUT2D eigenvalue weighted by atomic mass is 32.2. The van der Waals surface area contributed by atoms with Gasteiger partial charge in [-0.2, -0.15) is 0 Å². The molecule has 0 amide bonds. The van der Waals surface area contributed by atoms with Crippen molar-refractivity contribution in [2.24, 2.45) is 5.92 Å². The molecule has 1 atom stereocenters. The molecular weight excluding hydrogens is 280 g/mol. The van der Waals surface area contributed by atoms with E-state index in [1.807, 2.05) is 0 Å². The van der Waals surface area contributed by atoms with Crippen molar-refractivity contribution in [3.05, 3.63) is 18.2 Å². The smallest absolute Gasteiger partial charge is 0.244 e. The zero-order valence-electron chi connectivity index (χ0n) is 11.5. The highest BCUT2D eigenvalue weighted by molar-refractivity contribution is 7.89. The number of nitrogens with one attached hydrogen (secondary N) is 1. The van der Waals surface area contributed by atoms with Crippen molar-refractivity contribution < 1.29 is 17.9 Å². The van der Waals surface area contributed by atoms with Crippen molar-refractivity contribution in [3.8, 4) is 5.75 Å². The maximum Gasteiger partial charge on any atom is 0.244 e. The van der Waals surface area contributed by atoms with Gasteiger partial charge in [0.05, 0.1) is 13.2 Å². The van der Waals surface area contributed by atoms with Gasteiger partial charge in [0, 0.05) is 18.8 Å². The van der Waals surface area contributed by atoms with Crippen molar-refractivity contribution in [1.82, 2.24) is 4.72 Å². The first-order valence-electron chi connectivity index (χ1n) is 6.62. The van der Waals surface area contributed by atoms with E-state index in [-0.39, 0.29) is 10.8 Å². The van der Waals surface area contributed by atoms with Crippen molar-refractivity contribution >= 4 is 15.7 Å². The number of hydrogen-bond donors (Lipinski definition) is 2. The van der Waals surface area contributed by atoms with E-state index < -0.39 is 10.0 Å². The van der Waals surface area contributed by atoms with Gasteiger partial charge in [-0.25, -0.2) is 13.1 Å². The SMILES string of the molecule is CCOc1ccc(N)cc1S(=O)(=O)NCC1CCOC1. The molecule has 1 unspecified atom stereocenters. The third-order valence-corrected chi connectivity index (χ3v) is 4.59. The standard InChI is InChI=1S/C13H20N2O4S/c1-2-19-12-4-3-11(14)7-13(12)20(16,17)15-8-10-5-6-18-9-10/h3-4,7,10,15H,2,5-6,8-9,14H2,1H3. The zero-order valence-corrected chi connectivity index (χ0v) is 12.3. The van der Waals surface area contributed by atoms with Crippen LogP contribution in [0.5, 0.6) is 5.75 Å². The van der Waals surface area contributed by atoms with Crippen molar-refractivity contribution in [1.29, 1.82) is 0 Å². The number of nitrogen functional groups attached to an aromatic ring is 1. The molecule has 2 rings (SSSR count). The average Bonchev–Trinajstić information content (AvgIpc) is 2.92. The summed E-state index contributed by atoms with van der Waals surface area (Å²) < 4.78 is 37.9. The van der Waals surface area contributed by atoms with Crippen LogP contribution in [-0.2, 0) is 14.8 Å². The van der Waals surface area contributed by atoms with Gasteiger partial charge in [-0.05, 0) is 37.5 Å². The molecule has 3 N–H and O–H groups in total. The Morgan fingerprint density at radius 3 is 2.95 bits per heavy atom. The molecule has 1 aromatic carbocycles. The molecule has 1 aliphatic rings. The highest BCUT2D eigenvalue weighted by Gasteiger charge is 2.23. The molecule has 1 heterocycles. The molecule has 112 valence electrons. The molecule has 0 aromatic heterocycles. The summed E-state index contributed by atoms with van der Waals surface area (Å²) in [6.07, 6.45) is 0.873. The summed E-state index contributed by atoms with van der Waals surface area (Å²) in [6, 6.07) is 4.61. The van der Waals surface area contributed by atoms with E-state index in [2.05, 4.69) is 4.72 Å². The Morgan fingerprint density at radius 1 is 1.50 bits per heavy atom. The molecule has 0 bridgehead atoms. The van der Waals surface area contributed by atoms with Crippen molar-refractivity contribution in [2.45, 2.75) is 18.2 Å². The Hall–Kier alpha value is -1.31. The number of nitrogens with two attached hydrogens (primary N) is 1. The molecule has 1 aromatic rings. The number of benzene rings is 1. The van der Waals surface area contributed by atoms with Gasteiger partial charge in [0.15, 0.2) is 0 Å². The third kappa shape index (κ3) is 3.62. The van der Waals surface area contributed by atoms with Gasteiger partial charge in [-0.3, -0.25) is 0 Å². The molecule has 7 heteroatoms. The minimum Gasteiger partial charge on any atom is -0.492 e. The van der Waals surface area contributed by atoms with Crippen LogP contribution < -0.4 is 15.2 Å². The molecule has 0 radical (unpaired) electrons. The molecule has 20 heavy (non-hydrogen) atoms. The summed E-state index contributed by atoms with van der Waals surface area (Å²) in [7, 11) is -3.63. The minimum absolute atomic E-state index is 0.0817. The van der Waals surface area contributed by atoms with E-state index in [4.69, 9.17) is 15.2 Å². The van der Waals surface area contributed by atoms with E-state index in [1.165, 1.54) is 6.07 Å². The summed E-state index contributed by atoms with van der Waals surface area (Å²) in [5, 5.41) is 0. The summed E-state index contributed by atoms with van der Waals surface area (Å²) in [6.45, 7) is 3.84. The van der Waals surface area contributed by atoms with Gasteiger partial charge in [-0.1, -0.05) is 0 Å². The zero-order chi connectivity index (χ0) is 14.6. The number of ether oxygens (including phenoxy) is 2. The Balaban J connectivity index is 2.16. The molecule has 6 nitrogen and oxygen atoms in total. The average molecular weight is 300 g/mol. The molecule has 1 aliphatic heterocycles. The van der Waals surface area contributed by atoms with Crippen LogP contribution in [0, 0.1) is 5.92 Å². The van der Waals surface area contributed by atoms with Gasteiger partial charge < -0.3 is 15.2 Å². The Morgan fingerprint density at radius 2 is 2.30 bits per heavy atom. The first-order chi connectivity index (χ1) is 9.53. The minimum atomic E-state index is -3.63. The quantitative estimate of drug-likeness (QED) is 0.764. The fourth-order valence-electron chi connectivity index (χ4n) is 2.06. The second kappa shape index (κ2) is 6.43. The van der Waals surface area contributed by atoms with E-state index >= 15 is 0 Å². The van der Waals surface area contributed by atoms with Gasteiger partial charge in [0.2, 0.25) is 10.0 Å². The maximum absolute atomic E-state index is 12.3. The topological polar surface area (TPSA) is 90.7 Å². The van der Waals surface area contributed by atoms with E-state index in [0.29, 0.717) is 37.8 Å². The predicted molar refractivity (Wildman–Crippen MR) is 76.1 cm³/mol. The Bertz CT molecular complexity index is 553. The largest absolute Gasteiger partial charge is 0.492 e. The van der Waals surface area contributed by atoms with Crippen LogP contribution in [0.15, 0.2) is 23.1 Å². The van der Waals surface area contributed by atoms with E-state index in [9.17, 15) is 8.42 Å². The number of rotatable bonds is 6. The number of hydrogen-bond acceptors (Lipinski definition) is 5. The first-order valence-corrected chi connectivity index (χ1v) is 8.11. The van der Waals surface area contributed by atoms with Gasteiger partial charge >= 0.3 is 0 Å². The van der Waals surface area contributed by atoms with Gasteiger partial charge in [-0.15, -0.1) is 0 Å². The van der Waals surface area contributed by atoms with Crippen molar-refractivity contribution in [3.63, 3.8) is 0 Å². The normalized spacial score (nSPS) is 19.1. The highest BCUT2D eigenvalue weighted by Crippen LogP contribution is 2.26. The lowest BCUT2D eigenvalue weighted by atomic mass is 10.1. The van der Waals surface area contributed by atoms with Crippen molar-refractivity contribution in [2.75, 3.05) is 32.1 Å². The van der Waals surface area contributed by atoms with Crippen LogP contribution >= 0.6 is 0 Å². The number of sulfonamides is 1. The van der Waals surface area contributed by atoms with E-state index in [0.717, 1.165) is 6.42 Å². The van der Waals surface area contributed by atoms with Gasteiger partial charge in [0.25, 0.3) is 0 Å². The third-order valence-electron chi connectivity index (χ3n) is 3.14. The van der Waals surface area contributed by atoms with Gasteiger partial charge in [0.1, 0.15) is 10.6 Å².